The predicted octanol–water partition coefficient (Wildman–Crippen LogP) is 3.47. The van der Waals surface area contributed by atoms with E-state index in [9.17, 15) is 9.90 Å². The standard InChI is InChI=1S/C16H23NO2/c1-2-3-11-17(14-9-10-14)15(12-16(18)19)13-7-5-4-6-8-13/h4-8,14-15H,2-3,9-12H2,1H3,(H,18,19). The van der Waals surface area contributed by atoms with E-state index in [1.54, 1.807) is 0 Å². The van der Waals surface area contributed by atoms with Gasteiger partial charge in [-0.3, -0.25) is 9.69 Å². The third kappa shape index (κ3) is 4.06. The minimum absolute atomic E-state index is 0.0257. The smallest absolute Gasteiger partial charge is 0.305 e. The minimum Gasteiger partial charge on any atom is -0.481 e. The van der Waals surface area contributed by atoms with Gasteiger partial charge in [0, 0.05) is 12.1 Å². The number of hydrogen-bond acceptors (Lipinski definition) is 2. The van der Waals surface area contributed by atoms with E-state index in [0.717, 1.165) is 24.9 Å². The maximum Gasteiger partial charge on any atom is 0.305 e. The molecule has 1 N–H and O–H groups in total. The highest BCUT2D eigenvalue weighted by molar-refractivity contribution is 5.68. The molecule has 1 aliphatic rings. The molecule has 3 nitrogen and oxygen atoms in total. The lowest BCUT2D eigenvalue weighted by Crippen LogP contribution is -2.33. The van der Waals surface area contributed by atoms with Crippen LogP contribution in [0.25, 0.3) is 0 Å². The number of carboxylic acid groups (broad SMARTS) is 1. The molecule has 0 amide bonds. The summed E-state index contributed by atoms with van der Waals surface area (Å²) in [6, 6.07) is 10.7. The highest BCUT2D eigenvalue weighted by atomic mass is 16.4. The summed E-state index contributed by atoms with van der Waals surface area (Å²) in [6.07, 6.45) is 4.92. The molecule has 0 spiro atoms. The molecule has 0 bridgehead atoms. The predicted molar refractivity (Wildman–Crippen MR) is 76.1 cm³/mol. The fourth-order valence-corrected chi connectivity index (χ4v) is 2.61. The van der Waals surface area contributed by atoms with E-state index in [2.05, 4.69) is 24.0 Å². The fraction of sp³-hybridized carbons (Fsp3) is 0.562. The molecule has 1 aromatic rings. The Morgan fingerprint density at radius 3 is 2.58 bits per heavy atom. The van der Waals surface area contributed by atoms with Crippen LogP contribution in [0, 0.1) is 0 Å². The lowest BCUT2D eigenvalue weighted by atomic mass is 10.0. The van der Waals surface area contributed by atoms with E-state index in [1.807, 2.05) is 18.2 Å². The number of carbonyl (C=O) groups is 1. The summed E-state index contributed by atoms with van der Waals surface area (Å²) in [5.74, 6) is -0.712. The number of aliphatic carboxylic acids is 1. The van der Waals surface area contributed by atoms with E-state index >= 15 is 0 Å². The third-order valence-electron chi connectivity index (χ3n) is 3.74. The lowest BCUT2D eigenvalue weighted by molar-refractivity contribution is -0.138. The first-order valence-corrected chi connectivity index (χ1v) is 7.25. The van der Waals surface area contributed by atoms with Gasteiger partial charge in [-0.15, -0.1) is 0 Å². The van der Waals surface area contributed by atoms with Crippen LogP contribution < -0.4 is 0 Å². The van der Waals surface area contributed by atoms with Crippen LogP contribution in [-0.4, -0.2) is 28.6 Å². The van der Waals surface area contributed by atoms with Gasteiger partial charge in [0.2, 0.25) is 0 Å². The number of rotatable bonds is 8. The molecule has 1 saturated carbocycles. The van der Waals surface area contributed by atoms with Gasteiger partial charge in [-0.1, -0.05) is 43.7 Å². The quantitative estimate of drug-likeness (QED) is 0.779. The van der Waals surface area contributed by atoms with Crippen molar-refractivity contribution in [1.29, 1.82) is 0 Å². The van der Waals surface area contributed by atoms with Gasteiger partial charge in [0.05, 0.1) is 6.42 Å². The zero-order valence-corrected chi connectivity index (χ0v) is 11.6. The molecular formula is C16H23NO2. The Labute approximate surface area is 115 Å². The van der Waals surface area contributed by atoms with E-state index in [0.29, 0.717) is 6.04 Å². The summed E-state index contributed by atoms with van der Waals surface area (Å²) in [4.78, 5) is 13.6. The van der Waals surface area contributed by atoms with Gasteiger partial charge in [-0.2, -0.15) is 0 Å². The van der Waals surface area contributed by atoms with Crippen molar-refractivity contribution < 1.29 is 9.90 Å². The van der Waals surface area contributed by atoms with Crippen molar-refractivity contribution in [2.24, 2.45) is 0 Å². The first-order valence-electron chi connectivity index (χ1n) is 7.25. The molecular weight excluding hydrogens is 238 g/mol. The van der Waals surface area contributed by atoms with E-state index in [-0.39, 0.29) is 12.5 Å². The van der Waals surface area contributed by atoms with Crippen molar-refractivity contribution >= 4 is 5.97 Å². The van der Waals surface area contributed by atoms with Crippen LogP contribution in [0.1, 0.15) is 50.6 Å². The molecule has 0 aliphatic heterocycles. The average molecular weight is 261 g/mol. The SMILES string of the molecule is CCCCN(C1CC1)C(CC(=O)O)c1ccccc1. The Morgan fingerprint density at radius 2 is 2.05 bits per heavy atom. The highest BCUT2D eigenvalue weighted by Gasteiger charge is 2.34. The van der Waals surface area contributed by atoms with Crippen LogP contribution in [0.5, 0.6) is 0 Å². The topological polar surface area (TPSA) is 40.5 Å². The van der Waals surface area contributed by atoms with E-state index in [4.69, 9.17) is 0 Å². The Balaban J connectivity index is 2.16. The Morgan fingerprint density at radius 1 is 1.37 bits per heavy atom. The number of benzene rings is 1. The van der Waals surface area contributed by atoms with Gasteiger partial charge >= 0.3 is 5.97 Å². The van der Waals surface area contributed by atoms with Gasteiger partial charge in [0.1, 0.15) is 0 Å². The number of hydrogen-bond donors (Lipinski definition) is 1. The molecule has 2 rings (SSSR count). The molecule has 0 aromatic heterocycles. The second-order valence-corrected chi connectivity index (χ2v) is 5.35. The van der Waals surface area contributed by atoms with Crippen molar-refractivity contribution in [2.75, 3.05) is 6.54 Å². The van der Waals surface area contributed by atoms with Gasteiger partial charge in [0.25, 0.3) is 0 Å². The molecule has 0 saturated heterocycles. The zero-order chi connectivity index (χ0) is 13.7. The largest absolute Gasteiger partial charge is 0.481 e. The van der Waals surface area contributed by atoms with Gasteiger partial charge in [-0.25, -0.2) is 0 Å². The summed E-state index contributed by atoms with van der Waals surface area (Å²) in [5, 5.41) is 9.20. The normalized spacial score (nSPS) is 16.5. The maximum atomic E-state index is 11.2. The molecule has 1 unspecified atom stereocenters. The molecule has 1 fully saturated rings. The summed E-state index contributed by atoms with van der Waals surface area (Å²) < 4.78 is 0. The van der Waals surface area contributed by atoms with Crippen molar-refractivity contribution in [1.82, 2.24) is 4.90 Å². The van der Waals surface area contributed by atoms with Crippen LogP contribution in [-0.2, 0) is 4.79 Å². The highest BCUT2D eigenvalue weighted by Crippen LogP contribution is 2.36. The van der Waals surface area contributed by atoms with Crippen LogP contribution in [0.2, 0.25) is 0 Å². The lowest BCUT2D eigenvalue weighted by Gasteiger charge is -2.31. The molecule has 3 heteroatoms. The van der Waals surface area contributed by atoms with Gasteiger partial charge < -0.3 is 5.11 Å². The number of carboxylic acids is 1. The molecule has 0 heterocycles. The Hall–Kier alpha value is -1.35. The second-order valence-electron chi connectivity index (χ2n) is 5.35. The average Bonchev–Trinajstić information content (AvgIpc) is 3.23. The number of unbranched alkanes of at least 4 members (excludes halogenated alkanes) is 1. The molecule has 1 aliphatic carbocycles. The molecule has 1 aromatic carbocycles. The molecule has 104 valence electrons. The summed E-state index contributed by atoms with van der Waals surface area (Å²) in [7, 11) is 0. The summed E-state index contributed by atoms with van der Waals surface area (Å²) in [5.41, 5.74) is 1.13. The first-order chi connectivity index (χ1) is 9.22. The van der Waals surface area contributed by atoms with Crippen LogP contribution >= 0.6 is 0 Å². The summed E-state index contributed by atoms with van der Waals surface area (Å²) >= 11 is 0. The van der Waals surface area contributed by atoms with Crippen LogP contribution in [0.4, 0.5) is 0 Å². The van der Waals surface area contributed by atoms with Crippen molar-refractivity contribution in [3.63, 3.8) is 0 Å². The first kappa shape index (κ1) is 14.1. The fourth-order valence-electron chi connectivity index (χ4n) is 2.61. The second kappa shape index (κ2) is 6.71. The van der Waals surface area contributed by atoms with Gasteiger partial charge in [-0.05, 0) is 31.4 Å². The minimum atomic E-state index is -0.712. The van der Waals surface area contributed by atoms with Gasteiger partial charge in [0.15, 0.2) is 0 Å². The monoisotopic (exact) mass is 261 g/mol. The molecule has 0 radical (unpaired) electrons. The van der Waals surface area contributed by atoms with Crippen LogP contribution in [0.3, 0.4) is 0 Å². The number of nitrogens with zero attached hydrogens (tertiary/aromatic N) is 1. The van der Waals surface area contributed by atoms with Crippen molar-refractivity contribution in [2.45, 2.75) is 51.1 Å². The van der Waals surface area contributed by atoms with E-state index < -0.39 is 5.97 Å². The van der Waals surface area contributed by atoms with Crippen molar-refractivity contribution in [3.05, 3.63) is 35.9 Å². The molecule has 1 atom stereocenters. The third-order valence-corrected chi connectivity index (χ3v) is 3.74. The summed E-state index contributed by atoms with van der Waals surface area (Å²) in [6.45, 7) is 3.19. The Kier molecular flexibility index (Phi) is 4.97. The van der Waals surface area contributed by atoms with E-state index in [1.165, 1.54) is 12.8 Å². The zero-order valence-electron chi connectivity index (χ0n) is 11.6. The molecule has 19 heavy (non-hydrogen) atoms. The van der Waals surface area contributed by atoms with Crippen molar-refractivity contribution in [3.8, 4) is 0 Å². The van der Waals surface area contributed by atoms with Crippen LogP contribution in [0.15, 0.2) is 30.3 Å². The Bertz CT molecular complexity index is 400. The maximum absolute atomic E-state index is 11.2.